The van der Waals surface area contributed by atoms with Gasteiger partial charge in [0.15, 0.2) is 5.78 Å². The van der Waals surface area contributed by atoms with E-state index in [9.17, 15) is 4.79 Å². The molecule has 1 unspecified atom stereocenters. The number of hydrogen-bond acceptors (Lipinski definition) is 4. The smallest absolute Gasteiger partial charge is 0.184 e. The number of aromatic nitrogens is 1. The summed E-state index contributed by atoms with van der Waals surface area (Å²) in [5, 5.41) is 3.31. The fraction of sp³-hybridized carbons (Fsp3) is 0.538. The number of rotatable bonds is 5. The molecule has 0 amide bonds. The van der Waals surface area contributed by atoms with Gasteiger partial charge in [0.1, 0.15) is 11.4 Å². The molecule has 17 heavy (non-hydrogen) atoms. The summed E-state index contributed by atoms with van der Waals surface area (Å²) in [4.78, 5) is 16.1. The third-order valence-corrected chi connectivity index (χ3v) is 3.20. The molecule has 1 aliphatic rings. The van der Waals surface area contributed by atoms with Gasteiger partial charge >= 0.3 is 0 Å². The second-order valence-electron chi connectivity index (χ2n) is 4.37. The van der Waals surface area contributed by atoms with E-state index >= 15 is 0 Å². The minimum atomic E-state index is 0.0781. The molecule has 0 spiro atoms. The normalized spacial score (nSPS) is 19.2. The molecule has 1 N–H and O–H groups in total. The van der Waals surface area contributed by atoms with Crippen LogP contribution < -0.4 is 10.1 Å². The molecule has 0 radical (unpaired) electrons. The number of nitrogens with one attached hydrogen (secondary N) is 1. The van der Waals surface area contributed by atoms with Gasteiger partial charge in [0.05, 0.1) is 7.11 Å². The number of nitrogens with zero attached hydrogens (tertiary/aromatic N) is 1. The monoisotopic (exact) mass is 234 g/mol. The van der Waals surface area contributed by atoms with Gasteiger partial charge < -0.3 is 10.1 Å². The maximum atomic E-state index is 12.0. The fourth-order valence-corrected chi connectivity index (χ4v) is 2.18. The van der Waals surface area contributed by atoms with Gasteiger partial charge in [-0.15, -0.1) is 0 Å². The largest absolute Gasteiger partial charge is 0.494 e. The van der Waals surface area contributed by atoms with Gasteiger partial charge in [0.25, 0.3) is 0 Å². The summed E-state index contributed by atoms with van der Waals surface area (Å²) < 4.78 is 5.14. The molecule has 4 heteroatoms. The average molecular weight is 234 g/mol. The van der Waals surface area contributed by atoms with Crippen LogP contribution in [-0.2, 0) is 0 Å². The van der Waals surface area contributed by atoms with E-state index in [2.05, 4.69) is 10.3 Å². The third-order valence-electron chi connectivity index (χ3n) is 3.20. The van der Waals surface area contributed by atoms with Gasteiger partial charge in [-0.05, 0) is 44.0 Å². The van der Waals surface area contributed by atoms with Crippen molar-refractivity contribution in [3.05, 3.63) is 24.0 Å². The van der Waals surface area contributed by atoms with Crippen LogP contribution in [0.3, 0.4) is 0 Å². The molecule has 0 bridgehead atoms. The molecule has 1 aromatic rings. The lowest BCUT2D eigenvalue weighted by molar-refractivity contribution is 0.0966. The van der Waals surface area contributed by atoms with Gasteiger partial charge in [-0.25, -0.2) is 4.98 Å². The zero-order valence-corrected chi connectivity index (χ0v) is 10.1. The van der Waals surface area contributed by atoms with Crippen molar-refractivity contribution in [2.75, 3.05) is 20.2 Å². The van der Waals surface area contributed by atoms with E-state index in [0.717, 1.165) is 19.5 Å². The third kappa shape index (κ3) is 3.03. The van der Waals surface area contributed by atoms with Crippen LogP contribution in [-0.4, -0.2) is 31.0 Å². The van der Waals surface area contributed by atoms with Gasteiger partial charge in [-0.1, -0.05) is 0 Å². The highest BCUT2D eigenvalue weighted by Crippen LogP contribution is 2.20. The van der Waals surface area contributed by atoms with Crippen molar-refractivity contribution in [1.82, 2.24) is 10.3 Å². The highest BCUT2D eigenvalue weighted by Gasteiger charge is 2.18. The minimum Gasteiger partial charge on any atom is -0.494 e. The number of hydrogen-bond donors (Lipinski definition) is 1. The van der Waals surface area contributed by atoms with Crippen molar-refractivity contribution in [2.24, 2.45) is 5.92 Å². The molecule has 2 heterocycles. The zero-order valence-electron chi connectivity index (χ0n) is 10.1. The van der Waals surface area contributed by atoms with Crippen molar-refractivity contribution in [1.29, 1.82) is 0 Å². The number of ketones is 1. The first kappa shape index (κ1) is 12.0. The molecular weight excluding hydrogens is 216 g/mol. The number of Topliss-reactive ketones (excluding diaryl/α,β-unsaturated/α-hetero) is 1. The van der Waals surface area contributed by atoms with E-state index in [1.807, 2.05) is 0 Å². The summed E-state index contributed by atoms with van der Waals surface area (Å²) >= 11 is 0. The van der Waals surface area contributed by atoms with E-state index in [1.54, 1.807) is 25.4 Å². The second kappa shape index (κ2) is 5.77. The van der Waals surface area contributed by atoms with Gasteiger partial charge in [0.2, 0.25) is 0 Å². The Morgan fingerprint density at radius 3 is 3.24 bits per heavy atom. The topological polar surface area (TPSA) is 51.2 Å². The van der Waals surface area contributed by atoms with E-state index in [-0.39, 0.29) is 5.78 Å². The van der Waals surface area contributed by atoms with Crippen LogP contribution in [0.15, 0.2) is 18.3 Å². The SMILES string of the molecule is COc1cccnc1C(=O)CCC1CCNC1. The standard InChI is InChI=1S/C13H18N2O2/c1-17-12-3-2-7-15-13(12)11(16)5-4-10-6-8-14-9-10/h2-3,7,10,14H,4-6,8-9H2,1H3. The van der Waals surface area contributed by atoms with Crippen molar-refractivity contribution < 1.29 is 9.53 Å². The Morgan fingerprint density at radius 2 is 2.53 bits per heavy atom. The number of carbonyl (C=O) groups excluding carboxylic acids is 1. The molecule has 92 valence electrons. The molecule has 0 saturated carbocycles. The van der Waals surface area contributed by atoms with Gasteiger partial charge in [0, 0.05) is 12.6 Å². The van der Waals surface area contributed by atoms with Gasteiger partial charge in [-0.3, -0.25) is 4.79 Å². The number of pyridine rings is 1. The van der Waals surface area contributed by atoms with Crippen LogP contribution in [0, 0.1) is 5.92 Å². The molecule has 1 aliphatic heterocycles. The molecule has 0 aliphatic carbocycles. The first-order chi connectivity index (χ1) is 8.31. The van der Waals surface area contributed by atoms with Crippen LogP contribution in [0.2, 0.25) is 0 Å². The van der Waals surface area contributed by atoms with Crippen LogP contribution in [0.1, 0.15) is 29.8 Å². The molecule has 2 rings (SSSR count). The lowest BCUT2D eigenvalue weighted by Gasteiger charge is -2.08. The zero-order chi connectivity index (χ0) is 12.1. The fourth-order valence-electron chi connectivity index (χ4n) is 2.18. The first-order valence-electron chi connectivity index (χ1n) is 6.04. The Balaban J connectivity index is 1.94. The maximum absolute atomic E-state index is 12.0. The van der Waals surface area contributed by atoms with Crippen molar-refractivity contribution in [2.45, 2.75) is 19.3 Å². The Labute approximate surface area is 101 Å². The van der Waals surface area contributed by atoms with Crippen LogP contribution in [0.5, 0.6) is 5.75 Å². The number of carbonyl (C=O) groups is 1. The molecule has 1 atom stereocenters. The quantitative estimate of drug-likeness (QED) is 0.787. The molecular formula is C13H18N2O2. The highest BCUT2D eigenvalue weighted by atomic mass is 16.5. The molecule has 4 nitrogen and oxygen atoms in total. The Hall–Kier alpha value is -1.42. The predicted octanol–water partition coefficient (Wildman–Crippen LogP) is 1.66. The molecule has 1 saturated heterocycles. The first-order valence-corrected chi connectivity index (χ1v) is 6.04. The highest BCUT2D eigenvalue weighted by molar-refractivity contribution is 5.96. The summed E-state index contributed by atoms with van der Waals surface area (Å²) in [6.45, 7) is 2.11. The van der Waals surface area contributed by atoms with Crippen LogP contribution in [0.25, 0.3) is 0 Å². The minimum absolute atomic E-state index is 0.0781. The second-order valence-corrected chi connectivity index (χ2v) is 4.37. The van der Waals surface area contributed by atoms with E-state index in [4.69, 9.17) is 4.74 Å². The van der Waals surface area contributed by atoms with Crippen molar-refractivity contribution >= 4 is 5.78 Å². The van der Waals surface area contributed by atoms with E-state index in [0.29, 0.717) is 23.8 Å². The summed E-state index contributed by atoms with van der Waals surface area (Å²) in [6, 6.07) is 3.55. The lowest BCUT2D eigenvalue weighted by atomic mass is 9.99. The number of methoxy groups -OCH3 is 1. The maximum Gasteiger partial charge on any atom is 0.184 e. The summed E-state index contributed by atoms with van der Waals surface area (Å²) in [5.41, 5.74) is 0.459. The molecule has 1 aromatic heterocycles. The lowest BCUT2D eigenvalue weighted by Crippen LogP contribution is -2.11. The average Bonchev–Trinajstić information content (AvgIpc) is 2.89. The van der Waals surface area contributed by atoms with Crippen molar-refractivity contribution in [3.8, 4) is 5.75 Å². The number of ether oxygens (including phenoxy) is 1. The Bertz CT molecular complexity index is 387. The van der Waals surface area contributed by atoms with Crippen molar-refractivity contribution in [3.63, 3.8) is 0 Å². The Morgan fingerprint density at radius 1 is 1.65 bits per heavy atom. The van der Waals surface area contributed by atoms with Gasteiger partial charge in [-0.2, -0.15) is 0 Å². The van der Waals surface area contributed by atoms with E-state index in [1.165, 1.54) is 6.42 Å². The molecule has 0 aromatic carbocycles. The van der Waals surface area contributed by atoms with Crippen LogP contribution in [0.4, 0.5) is 0 Å². The Kier molecular flexibility index (Phi) is 4.09. The van der Waals surface area contributed by atoms with Crippen LogP contribution >= 0.6 is 0 Å². The summed E-state index contributed by atoms with van der Waals surface area (Å²) in [6.07, 6.45) is 4.30. The van der Waals surface area contributed by atoms with E-state index < -0.39 is 0 Å². The summed E-state index contributed by atoms with van der Waals surface area (Å²) in [5.74, 6) is 1.28. The molecule has 1 fully saturated rings. The summed E-state index contributed by atoms with van der Waals surface area (Å²) in [7, 11) is 1.56. The predicted molar refractivity (Wildman–Crippen MR) is 65.3 cm³/mol.